The minimum atomic E-state index is -0.389. The SMILES string of the molecule is Cc1ccccc1C1(c2nc(C3(N)CCC3)no2)CCOCC1.Cl. The van der Waals surface area contributed by atoms with Crippen molar-refractivity contribution in [2.75, 3.05) is 13.2 Å². The molecule has 24 heavy (non-hydrogen) atoms. The van der Waals surface area contributed by atoms with E-state index in [-0.39, 0.29) is 23.4 Å². The first-order valence-electron chi connectivity index (χ1n) is 8.42. The fourth-order valence-electron chi connectivity index (χ4n) is 3.83. The Labute approximate surface area is 148 Å². The number of ether oxygens (including phenoxy) is 1. The molecule has 130 valence electrons. The standard InChI is InChI=1S/C18H23N3O2.ClH/c1-13-5-2-3-6-14(13)17(9-11-22-12-10-17)16-20-15(21-23-16)18(19)7-4-8-18;/h2-3,5-6H,4,7-12,19H2,1H3;1H. The monoisotopic (exact) mass is 349 g/mol. The van der Waals surface area contributed by atoms with Gasteiger partial charge in [0.25, 0.3) is 0 Å². The van der Waals surface area contributed by atoms with Gasteiger partial charge in [-0.25, -0.2) is 0 Å². The molecule has 0 atom stereocenters. The minimum absolute atomic E-state index is 0. The molecule has 5 nitrogen and oxygen atoms in total. The molecule has 0 amide bonds. The van der Waals surface area contributed by atoms with Crippen molar-refractivity contribution >= 4 is 12.4 Å². The van der Waals surface area contributed by atoms with Crippen molar-refractivity contribution in [1.82, 2.24) is 10.1 Å². The smallest absolute Gasteiger partial charge is 0.237 e. The van der Waals surface area contributed by atoms with Crippen LogP contribution in [0.3, 0.4) is 0 Å². The van der Waals surface area contributed by atoms with Gasteiger partial charge in [-0.05, 0) is 50.2 Å². The predicted molar refractivity (Wildman–Crippen MR) is 93.3 cm³/mol. The van der Waals surface area contributed by atoms with Crippen LogP contribution in [0.25, 0.3) is 0 Å². The van der Waals surface area contributed by atoms with Gasteiger partial charge < -0.3 is 15.0 Å². The van der Waals surface area contributed by atoms with E-state index in [4.69, 9.17) is 20.0 Å². The van der Waals surface area contributed by atoms with E-state index in [0.29, 0.717) is 24.9 Å². The van der Waals surface area contributed by atoms with E-state index in [2.05, 4.69) is 36.3 Å². The van der Waals surface area contributed by atoms with Gasteiger partial charge in [-0.1, -0.05) is 29.4 Å². The zero-order valence-corrected chi connectivity index (χ0v) is 14.8. The Bertz CT molecular complexity index is 706. The highest BCUT2D eigenvalue weighted by molar-refractivity contribution is 5.85. The Balaban J connectivity index is 0.00000169. The summed E-state index contributed by atoms with van der Waals surface area (Å²) in [5.41, 5.74) is 8.24. The second-order valence-electron chi connectivity index (χ2n) is 6.94. The third kappa shape index (κ3) is 2.65. The Kier molecular flexibility index (Phi) is 4.69. The van der Waals surface area contributed by atoms with E-state index in [0.717, 1.165) is 32.1 Å². The average molecular weight is 350 g/mol. The van der Waals surface area contributed by atoms with E-state index >= 15 is 0 Å². The highest BCUT2D eigenvalue weighted by Crippen LogP contribution is 2.43. The lowest BCUT2D eigenvalue weighted by atomic mass is 9.72. The first-order chi connectivity index (χ1) is 11.1. The van der Waals surface area contributed by atoms with Crippen molar-refractivity contribution < 1.29 is 9.26 Å². The predicted octanol–water partition coefficient (Wildman–Crippen LogP) is 3.23. The molecule has 0 spiro atoms. The number of hydrogen-bond donors (Lipinski definition) is 1. The summed E-state index contributed by atoms with van der Waals surface area (Å²) in [4.78, 5) is 4.76. The zero-order chi connectivity index (χ0) is 15.9. The van der Waals surface area contributed by atoms with Gasteiger partial charge in [0.1, 0.15) is 0 Å². The Hall–Kier alpha value is -1.43. The molecule has 0 unspecified atom stereocenters. The Morgan fingerprint density at radius 1 is 1.08 bits per heavy atom. The number of hydrogen-bond acceptors (Lipinski definition) is 5. The Morgan fingerprint density at radius 2 is 1.79 bits per heavy atom. The molecule has 1 saturated carbocycles. The fourth-order valence-corrected chi connectivity index (χ4v) is 3.83. The van der Waals surface area contributed by atoms with Crippen molar-refractivity contribution in [3.63, 3.8) is 0 Å². The molecule has 2 aliphatic rings. The summed E-state index contributed by atoms with van der Waals surface area (Å²) in [5.74, 6) is 1.36. The maximum absolute atomic E-state index is 6.37. The molecule has 1 aliphatic heterocycles. The van der Waals surface area contributed by atoms with Crippen LogP contribution >= 0.6 is 12.4 Å². The number of nitrogens with two attached hydrogens (primary N) is 1. The molecule has 1 saturated heterocycles. The lowest BCUT2D eigenvalue weighted by Gasteiger charge is -2.36. The highest BCUT2D eigenvalue weighted by Gasteiger charge is 2.45. The van der Waals surface area contributed by atoms with E-state index in [1.165, 1.54) is 11.1 Å². The van der Waals surface area contributed by atoms with Gasteiger partial charge in [0.05, 0.1) is 11.0 Å². The number of rotatable bonds is 3. The normalized spacial score (nSPS) is 21.6. The van der Waals surface area contributed by atoms with Crippen LogP contribution in [-0.2, 0) is 15.7 Å². The molecule has 1 aliphatic carbocycles. The van der Waals surface area contributed by atoms with E-state index in [1.807, 2.05) is 0 Å². The van der Waals surface area contributed by atoms with Gasteiger partial charge in [0.15, 0.2) is 5.82 Å². The first kappa shape index (κ1) is 17.4. The molecule has 1 aromatic heterocycles. The van der Waals surface area contributed by atoms with Gasteiger partial charge in [-0.15, -0.1) is 12.4 Å². The minimum Gasteiger partial charge on any atom is -0.381 e. The van der Waals surface area contributed by atoms with Crippen molar-refractivity contribution in [1.29, 1.82) is 0 Å². The quantitative estimate of drug-likeness (QED) is 0.920. The van der Waals surface area contributed by atoms with E-state index < -0.39 is 0 Å². The summed E-state index contributed by atoms with van der Waals surface area (Å²) in [6, 6.07) is 8.45. The molecule has 2 fully saturated rings. The maximum atomic E-state index is 6.37. The van der Waals surface area contributed by atoms with Crippen LogP contribution in [0.4, 0.5) is 0 Å². The molecule has 4 rings (SSSR count). The highest BCUT2D eigenvalue weighted by atomic mass is 35.5. The summed E-state index contributed by atoms with van der Waals surface area (Å²) in [6.07, 6.45) is 4.73. The molecule has 2 aromatic rings. The molecule has 6 heteroatoms. The van der Waals surface area contributed by atoms with Gasteiger partial charge in [-0.2, -0.15) is 4.98 Å². The zero-order valence-electron chi connectivity index (χ0n) is 14.0. The van der Waals surface area contributed by atoms with Gasteiger partial charge in [0, 0.05) is 13.2 Å². The third-order valence-electron chi connectivity index (χ3n) is 5.53. The summed E-state index contributed by atoms with van der Waals surface area (Å²) in [6.45, 7) is 3.56. The summed E-state index contributed by atoms with van der Waals surface area (Å²) in [5, 5.41) is 4.23. The van der Waals surface area contributed by atoms with Gasteiger partial charge >= 0.3 is 0 Å². The summed E-state index contributed by atoms with van der Waals surface area (Å²) < 4.78 is 11.3. The van der Waals surface area contributed by atoms with Crippen LogP contribution in [0, 0.1) is 6.92 Å². The largest absolute Gasteiger partial charge is 0.381 e. The number of benzene rings is 1. The van der Waals surface area contributed by atoms with Crippen molar-refractivity contribution in [2.45, 2.75) is 50.0 Å². The van der Waals surface area contributed by atoms with Crippen LogP contribution in [0.5, 0.6) is 0 Å². The van der Waals surface area contributed by atoms with Crippen molar-refractivity contribution in [2.24, 2.45) is 5.73 Å². The average Bonchev–Trinajstić information content (AvgIpc) is 3.04. The van der Waals surface area contributed by atoms with Crippen LogP contribution in [0.1, 0.15) is 54.9 Å². The van der Waals surface area contributed by atoms with E-state index in [9.17, 15) is 0 Å². The Morgan fingerprint density at radius 3 is 2.42 bits per heavy atom. The first-order valence-corrected chi connectivity index (χ1v) is 8.42. The third-order valence-corrected chi connectivity index (χ3v) is 5.53. The molecular formula is C18H24ClN3O2. The molecule has 2 heterocycles. The fraction of sp³-hybridized carbons (Fsp3) is 0.556. The number of aromatic nitrogens is 2. The molecular weight excluding hydrogens is 326 g/mol. The summed E-state index contributed by atoms with van der Waals surface area (Å²) >= 11 is 0. The van der Waals surface area contributed by atoms with E-state index in [1.54, 1.807) is 0 Å². The molecule has 0 bridgehead atoms. The topological polar surface area (TPSA) is 74.2 Å². The van der Waals surface area contributed by atoms with Gasteiger partial charge in [-0.3, -0.25) is 0 Å². The second-order valence-corrected chi connectivity index (χ2v) is 6.94. The molecule has 1 aromatic carbocycles. The van der Waals surface area contributed by atoms with Gasteiger partial charge in [0.2, 0.25) is 5.89 Å². The van der Waals surface area contributed by atoms with Crippen LogP contribution in [0.2, 0.25) is 0 Å². The summed E-state index contributed by atoms with van der Waals surface area (Å²) in [7, 11) is 0. The van der Waals surface area contributed by atoms with Crippen LogP contribution in [-0.4, -0.2) is 23.4 Å². The van der Waals surface area contributed by atoms with Crippen LogP contribution in [0.15, 0.2) is 28.8 Å². The van der Waals surface area contributed by atoms with Crippen LogP contribution < -0.4 is 5.73 Å². The lowest BCUT2D eigenvalue weighted by Crippen LogP contribution is -2.44. The number of halogens is 1. The lowest BCUT2D eigenvalue weighted by molar-refractivity contribution is 0.0521. The second kappa shape index (κ2) is 6.47. The molecule has 0 radical (unpaired) electrons. The van der Waals surface area contributed by atoms with Crippen molar-refractivity contribution in [3.8, 4) is 0 Å². The maximum Gasteiger partial charge on any atom is 0.237 e. The van der Waals surface area contributed by atoms with Crippen molar-refractivity contribution in [3.05, 3.63) is 47.1 Å². The molecule has 2 N–H and O–H groups in total. The number of aryl methyl sites for hydroxylation is 1. The number of nitrogens with zero attached hydrogens (tertiary/aromatic N) is 2.